The Hall–Kier alpha value is -2.04. The van der Waals surface area contributed by atoms with Gasteiger partial charge in [0.05, 0.1) is 0 Å². The van der Waals surface area contributed by atoms with Gasteiger partial charge in [-0.05, 0) is 37.5 Å². The summed E-state index contributed by atoms with van der Waals surface area (Å²) in [5, 5.41) is 13.8. The van der Waals surface area contributed by atoms with E-state index in [-0.39, 0.29) is 6.10 Å². The van der Waals surface area contributed by atoms with E-state index in [0.717, 1.165) is 18.6 Å². The first-order chi connectivity index (χ1) is 11.7. The zero-order chi connectivity index (χ0) is 16.8. The number of para-hydroxylation sites is 2. The summed E-state index contributed by atoms with van der Waals surface area (Å²) in [5.74, 6) is 1.44. The third kappa shape index (κ3) is 4.49. The van der Waals surface area contributed by atoms with Gasteiger partial charge in [0.15, 0.2) is 17.6 Å². The van der Waals surface area contributed by atoms with Crippen LogP contribution in [0.5, 0.6) is 11.5 Å². The fraction of sp³-hybridized carbons (Fsp3) is 0.400. The molecule has 0 aromatic heterocycles. The average Bonchev–Trinajstić information content (AvgIpc) is 2.65. The summed E-state index contributed by atoms with van der Waals surface area (Å²) >= 11 is 0. The molecule has 128 valence electrons. The number of aliphatic hydroxyl groups excluding tert-OH is 1. The summed E-state index contributed by atoms with van der Waals surface area (Å²) in [6.07, 6.45) is 1.12. The minimum absolute atomic E-state index is 0.330. The van der Waals surface area contributed by atoms with Gasteiger partial charge in [-0.15, -0.1) is 0 Å². The van der Waals surface area contributed by atoms with E-state index in [1.807, 2.05) is 30.3 Å². The standard InChI is InChI=1S/C20H25NO3/c1-15(11-12-16-7-3-2-4-8-16)21-13-17(22)20-14-23-18-9-5-6-10-19(18)24-20/h2-10,15,17,20-22H,11-14H2,1H3/t15-,17?,20-/m1/s1. The number of fused-ring (bicyclic) bond motifs is 1. The zero-order valence-electron chi connectivity index (χ0n) is 14.0. The van der Waals surface area contributed by atoms with Crippen molar-refractivity contribution in [3.8, 4) is 11.5 Å². The van der Waals surface area contributed by atoms with E-state index >= 15 is 0 Å². The van der Waals surface area contributed by atoms with E-state index in [4.69, 9.17) is 9.47 Å². The molecule has 0 fully saturated rings. The third-order valence-corrected chi connectivity index (χ3v) is 4.34. The van der Waals surface area contributed by atoms with E-state index in [2.05, 4.69) is 36.5 Å². The van der Waals surface area contributed by atoms with Crippen LogP contribution >= 0.6 is 0 Å². The van der Waals surface area contributed by atoms with Gasteiger partial charge in [-0.25, -0.2) is 0 Å². The van der Waals surface area contributed by atoms with Crippen molar-refractivity contribution in [1.82, 2.24) is 5.32 Å². The van der Waals surface area contributed by atoms with Crippen molar-refractivity contribution in [2.45, 2.75) is 38.0 Å². The quantitative estimate of drug-likeness (QED) is 0.821. The molecule has 0 aliphatic carbocycles. The van der Waals surface area contributed by atoms with Crippen molar-refractivity contribution in [2.24, 2.45) is 0 Å². The van der Waals surface area contributed by atoms with Crippen molar-refractivity contribution >= 4 is 0 Å². The molecule has 0 bridgehead atoms. The Bertz CT molecular complexity index is 632. The Kier molecular flexibility index (Phi) is 5.72. The largest absolute Gasteiger partial charge is 0.486 e. The van der Waals surface area contributed by atoms with Crippen molar-refractivity contribution in [2.75, 3.05) is 13.2 Å². The smallest absolute Gasteiger partial charge is 0.161 e. The van der Waals surface area contributed by atoms with Crippen LogP contribution in [0.3, 0.4) is 0 Å². The van der Waals surface area contributed by atoms with Crippen LogP contribution in [0.2, 0.25) is 0 Å². The van der Waals surface area contributed by atoms with Crippen LogP contribution in [-0.2, 0) is 6.42 Å². The number of aryl methyl sites for hydroxylation is 1. The first kappa shape index (κ1) is 16.8. The first-order valence-electron chi connectivity index (χ1n) is 8.56. The summed E-state index contributed by atoms with van der Waals surface area (Å²) < 4.78 is 11.5. The van der Waals surface area contributed by atoms with Crippen LogP contribution in [-0.4, -0.2) is 36.5 Å². The molecule has 0 radical (unpaired) electrons. The Morgan fingerprint density at radius 1 is 1.08 bits per heavy atom. The van der Waals surface area contributed by atoms with Crippen molar-refractivity contribution < 1.29 is 14.6 Å². The predicted octanol–water partition coefficient (Wildman–Crippen LogP) is 2.80. The second kappa shape index (κ2) is 8.18. The molecular weight excluding hydrogens is 302 g/mol. The number of aliphatic hydroxyl groups is 1. The molecular formula is C20H25NO3. The van der Waals surface area contributed by atoms with Gasteiger partial charge >= 0.3 is 0 Å². The highest BCUT2D eigenvalue weighted by Gasteiger charge is 2.27. The molecule has 2 aromatic rings. The normalized spacial score (nSPS) is 18.8. The molecule has 1 unspecified atom stereocenters. The molecule has 24 heavy (non-hydrogen) atoms. The molecule has 1 aliphatic rings. The maximum atomic E-state index is 10.4. The number of hydrogen-bond donors (Lipinski definition) is 2. The van der Waals surface area contributed by atoms with Gasteiger partial charge in [-0.3, -0.25) is 0 Å². The van der Waals surface area contributed by atoms with E-state index in [1.165, 1.54) is 5.56 Å². The summed E-state index contributed by atoms with van der Waals surface area (Å²) in [7, 11) is 0. The maximum absolute atomic E-state index is 10.4. The van der Waals surface area contributed by atoms with Crippen LogP contribution < -0.4 is 14.8 Å². The molecule has 4 heteroatoms. The average molecular weight is 327 g/mol. The molecule has 1 aliphatic heterocycles. The van der Waals surface area contributed by atoms with E-state index in [0.29, 0.717) is 24.9 Å². The third-order valence-electron chi connectivity index (χ3n) is 4.34. The van der Waals surface area contributed by atoms with Crippen LogP contribution in [0.1, 0.15) is 18.9 Å². The topological polar surface area (TPSA) is 50.7 Å². The molecule has 2 aromatic carbocycles. The Morgan fingerprint density at radius 2 is 1.79 bits per heavy atom. The van der Waals surface area contributed by atoms with E-state index in [9.17, 15) is 5.11 Å². The molecule has 4 nitrogen and oxygen atoms in total. The molecule has 3 atom stereocenters. The van der Waals surface area contributed by atoms with Gasteiger partial charge in [0.25, 0.3) is 0 Å². The predicted molar refractivity (Wildman–Crippen MR) is 94.6 cm³/mol. The zero-order valence-corrected chi connectivity index (χ0v) is 14.0. The lowest BCUT2D eigenvalue weighted by molar-refractivity contribution is -0.0100. The van der Waals surface area contributed by atoms with Gasteiger partial charge in [-0.2, -0.15) is 0 Å². The fourth-order valence-electron chi connectivity index (χ4n) is 2.81. The summed E-state index contributed by atoms with van der Waals surface area (Å²) in [5.41, 5.74) is 1.34. The van der Waals surface area contributed by atoms with Crippen LogP contribution in [0, 0.1) is 0 Å². The molecule has 3 rings (SSSR count). The Morgan fingerprint density at radius 3 is 2.58 bits per heavy atom. The van der Waals surface area contributed by atoms with Gasteiger partial charge in [0.1, 0.15) is 12.7 Å². The van der Waals surface area contributed by atoms with E-state index in [1.54, 1.807) is 0 Å². The van der Waals surface area contributed by atoms with Gasteiger partial charge in [0.2, 0.25) is 0 Å². The van der Waals surface area contributed by atoms with Crippen molar-refractivity contribution in [3.63, 3.8) is 0 Å². The monoisotopic (exact) mass is 327 g/mol. The number of benzene rings is 2. The SMILES string of the molecule is C[C@H](CCc1ccccc1)NCC(O)[C@H]1COc2ccccc2O1. The molecule has 0 amide bonds. The first-order valence-corrected chi connectivity index (χ1v) is 8.56. The van der Waals surface area contributed by atoms with Gasteiger partial charge in [-0.1, -0.05) is 42.5 Å². The highest BCUT2D eigenvalue weighted by molar-refractivity contribution is 5.40. The lowest BCUT2D eigenvalue weighted by Crippen LogP contribution is -2.46. The summed E-state index contributed by atoms with van der Waals surface area (Å²) in [4.78, 5) is 0. The lowest BCUT2D eigenvalue weighted by atomic mass is 10.1. The second-order valence-electron chi connectivity index (χ2n) is 6.31. The van der Waals surface area contributed by atoms with Crippen molar-refractivity contribution in [1.29, 1.82) is 0 Å². The van der Waals surface area contributed by atoms with Crippen LogP contribution in [0.4, 0.5) is 0 Å². The molecule has 2 N–H and O–H groups in total. The summed E-state index contributed by atoms with van der Waals surface area (Å²) in [6, 6.07) is 18.3. The van der Waals surface area contributed by atoms with Gasteiger partial charge in [0, 0.05) is 12.6 Å². The van der Waals surface area contributed by atoms with Gasteiger partial charge < -0.3 is 19.9 Å². The molecule has 1 heterocycles. The van der Waals surface area contributed by atoms with Crippen LogP contribution in [0.15, 0.2) is 54.6 Å². The minimum atomic E-state index is -0.600. The minimum Gasteiger partial charge on any atom is -0.486 e. The number of rotatable bonds is 7. The summed E-state index contributed by atoms with van der Waals surface area (Å²) in [6.45, 7) is 3.01. The maximum Gasteiger partial charge on any atom is 0.161 e. The number of ether oxygens (including phenoxy) is 2. The Labute approximate surface area is 143 Å². The number of hydrogen-bond acceptors (Lipinski definition) is 4. The highest BCUT2D eigenvalue weighted by Crippen LogP contribution is 2.31. The second-order valence-corrected chi connectivity index (χ2v) is 6.31. The van der Waals surface area contributed by atoms with Crippen LogP contribution in [0.25, 0.3) is 0 Å². The molecule has 0 spiro atoms. The van der Waals surface area contributed by atoms with Crippen molar-refractivity contribution in [3.05, 3.63) is 60.2 Å². The highest BCUT2D eigenvalue weighted by atomic mass is 16.6. The number of nitrogens with one attached hydrogen (secondary N) is 1. The fourth-order valence-corrected chi connectivity index (χ4v) is 2.81. The molecule has 0 saturated carbocycles. The lowest BCUT2D eigenvalue weighted by Gasteiger charge is -2.30. The molecule has 0 saturated heterocycles. The van der Waals surface area contributed by atoms with E-state index < -0.39 is 6.10 Å². The Balaban J connectivity index is 1.41.